The largest absolute Gasteiger partial charge is 0.356 e. The highest BCUT2D eigenvalue weighted by Crippen LogP contribution is 2.21. The average Bonchev–Trinajstić information content (AvgIpc) is 3.28. The van der Waals surface area contributed by atoms with E-state index < -0.39 is 10.0 Å². The predicted molar refractivity (Wildman–Crippen MR) is 128 cm³/mol. The molecule has 0 amide bonds. The number of rotatable bonds is 7. The minimum atomic E-state index is -3.38. The van der Waals surface area contributed by atoms with E-state index in [0.717, 1.165) is 30.4 Å². The fourth-order valence-electron chi connectivity index (χ4n) is 3.24. The van der Waals surface area contributed by atoms with Gasteiger partial charge in [-0.2, -0.15) is 4.31 Å². The maximum Gasteiger partial charge on any atom is 0.243 e. The highest BCUT2D eigenvalue weighted by atomic mass is 127. The summed E-state index contributed by atoms with van der Waals surface area (Å²) < 4.78 is 39.6. The van der Waals surface area contributed by atoms with Crippen LogP contribution in [-0.2, 0) is 23.0 Å². The van der Waals surface area contributed by atoms with Gasteiger partial charge < -0.3 is 10.6 Å². The zero-order valence-electron chi connectivity index (χ0n) is 17.0. The number of halogens is 2. The first-order valence-electron chi connectivity index (χ1n) is 9.77. The SMILES string of the molecule is CN=C(NCCc1ccc(F)cc1)NCc1ccc(S(=O)(=O)N2CCCC2)cc1.I. The quantitative estimate of drug-likeness (QED) is 0.318. The molecule has 0 saturated carbocycles. The van der Waals surface area contributed by atoms with Crippen molar-refractivity contribution in [2.45, 2.75) is 30.7 Å². The highest BCUT2D eigenvalue weighted by molar-refractivity contribution is 14.0. The maximum atomic E-state index is 12.9. The topological polar surface area (TPSA) is 73.8 Å². The second kappa shape index (κ2) is 11.6. The lowest BCUT2D eigenvalue weighted by atomic mass is 10.1. The molecule has 0 aliphatic carbocycles. The third kappa shape index (κ3) is 6.64. The number of aliphatic imine (C=N–C) groups is 1. The van der Waals surface area contributed by atoms with Gasteiger partial charge in [-0.15, -0.1) is 24.0 Å². The van der Waals surface area contributed by atoms with Crippen molar-refractivity contribution in [2.75, 3.05) is 26.7 Å². The van der Waals surface area contributed by atoms with E-state index in [-0.39, 0.29) is 29.8 Å². The van der Waals surface area contributed by atoms with Gasteiger partial charge in [0.25, 0.3) is 0 Å². The van der Waals surface area contributed by atoms with Gasteiger partial charge in [0.05, 0.1) is 4.90 Å². The van der Waals surface area contributed by atoms with Crippen molar-refractivity contribution in [3.05, 3.63) is 65.5 Å². The van der Waals surface area contributed by atoms with Crippen LogP contribution in [0.4, 0.5) is 4.39 Å². The summed E-state index contributed by atoms with van der Waals surface area (Å²) in [4.78, 5) is 4.53. The van der Waals surface area contributed by atoms with Crippen LogP contribution in [-0.4, -0.2) is 45.4 Å². The van der Waals surface area contributed by atoms with Gasteiger partial charge >= 0.3 is 0 Å². The van der Waals surface area contributed by atoms with E-state index in [1.165, 1.54) is 12.1 Å². The standard InChI is InChI=1S/C21H27FN4O2S.HI/c1-23-21(24-13-12-17-4-8-19(22)9-5-17)25-16-18-6-10-20(11-7-18)29(27,28)26-14-2-3-15-26;/h4-11H,2-3,12-16H2,1H3,(H2,23,24,25);1H. The lowest BCUT2D eigenvalue weighted by molar-refractivity contribution is 0.477. The van der Waals surface area contributed by atoms with Crippen LogP contribution >= 0.6 is 24.0 Å². The number of benzene rings is 2. The molecule has 164 valence electrons. The Morgan fingerprint density at radius 2 is 1.60 bits per heavy atom. The molecule has 0 spiro atoms. The van der Waals surface area contributed by atoms with Gasteiger partial charge in [0.2, 0.25) is 10.0 Å². The molecule has 1 heterocycles. The first kappa shape index (κ1) is 24.5. The van der Waals surface area contributed by atoms with Gasteiger partial charge in [-0.3, -0.25) is 4.99 Å². The summed E-state index contributed by atoms with van der Waals surface area (Å²) in [7, 11) is -1.69. The minimum Gasteiger partial charge on any atom is -0.356 e. The van der Waals surface area contributed by atoms with Crippen molar-refractivity contribution in [1.82, 2.24) is 14.9 Å². The Labute approximate surface area is 195 Å². The number of sulfonamides is 1. The van der Waals surface area contributed by atoms with Gasteiger partial charge in [0.1, 0.15) is 5.82 Å². The molecule has 0 radical (unpaired) electrons. The average molecular weight is 546 g/mol. The smallest absolute Gasteiger partial charge is 0.243 e. The maximum absolute atomic E-state index is 12.9. The van der Waals surface area contributed by atoms with E-state index in [1.54, 1.807) is 35.6 Å². The summed E-state index contributed by atoms with van der Waals surface area (Å²) >= 11 is 0. The number of hydrogen-bond acceptors (Lipinski definition) is 3. The van der Waals surface area contributed by atoms with Crippen molar-refractivity contribution >= 4 is 40.0 Å². The number of nitrogens with zero attached hydrogens (tertiary/aromatic N) is 2. The number of nitrogens with one attached hydrogen (secondary N) is 2. The second-order valence-corrected chi connectivity index (χ2v) is 8.92. The lowest BCUT2D eigenvalue weighted by Gasteiger charge is -2.16. The molecule has 2 N–H and O–H groups in total. The summed E-state index contributed by atoms with van der Waals surface area (Å²) in [5.74, 6) is 0.416. The monoisotopic (exact) mass is 546 g/mol. The molecule has 2 aromatic rings. The summed E-state index contributed by atoms with van der Waals surface area (Å²) in [6.45, 7) is 2.40. The van der Waals surface area contributed by atoms with Crippen molar-refractivity contribution in [2.24, 2.45) is 4.99 Å². The third-order valence-corrected chi connectivity index (χ3v) is 6.84. The fraction of sp³-hybridized carbons (Fsp3) is 0.381. The van der Waals surface area contributed by atoms with E-state index in [4.69, 9.17) is 0 Å². The molecule has 0 aromatic heterocycles. The van der Waals surface area contributed by atoms with Gasteiger partial charge in [-0.25, -0.2) is 12.8 Å². The molecule has 30 heavy (non-hydrogen) atoms. The van der Waals surface area contributed by atoms with Crippen LogP contribution < -0.4 is 10.6 Å². The molecule has 3 rings (SSSR count). The second-order valence-electron chi connectivity index (χ2n) is 6.98. The van der Waals surface area contributed by atoms with Crippen LogP contribution in [0.1, 0.15) is 24.0 Å². The fourth-order valence-corrected chi connectivity index (χ4v) is 4.76. The van der Waals surface area contributed by atoms with Crippen molar-refractivity contribution in [3.63, 3.8) is 0 Å². The molecule has 1 aliphatic heterocycles. The van der Waals surface area contributed by atoms with Crippen LogP contribution in [0.2, 0.25) is 0 Å². The first-order chi connectivity index (χ1) is 14.0. The molecule has 0 atom stereocenters. The molecule has 0 unspecified atom stereocenters. The van der Waals surface area contributed by atoms with Crippen LogP contribution in [0.5, 0.6) is 0 Å². The molecular weight excluding hydrogens is 518 g/mol. The van der Waals surface area contributed by atoms with Crippen molar-refractivity contribution in [1.29, 1.82) is 0 Å². The van der Waals surface area contributed by atoms with Gasteiger partial charge in [0, 0.05) is 33.2 Å². The number of guanidine groups is 1. The third-order valence-electron chi connectivity index (χ3n) is 4.93. The minimum absolute atomic E-state index is 0. The lowest BCUT2D eigenvalue weighted by Crippen LogP contribution is -2.37. The van der Waals surface area contributed by atoms with Crippen LogP contribution in [0.15, 0.2) is 58.4 Å². The summed E-state index contributed by atoms with van der Waals surface area (Å²) in [5, 5.41) is 6.43. The van der Waals surface area contributed by atoms with Crippen molar-refractivity contribution in [3.8, 4) is 0 Å². The van der Waals surface area contributed by atoms with Crippen LogP contribution in [0, 0.1) is 5.82 Å². The van der Waals surface area contributed by atoms with E-state index in [1.807, 2.05) is 12.1 Å². The molecular formula is C21H28FIN4O2S. The van der Waals surface area contributed by atoms with Crippen LogP contribution in [0.3, 0.4) is 0 Å². The molecule has 1 saturated heterocycles. The van der Waals surface area contributed by atoms with E-state index in [2.05, 4.69) is 15.6 Å². The molecule has 6 nitrogen and oxygen atoms in total. The Balaban J connectivity index is 0.00000320. The molecule has 1 fully saturated rings. The zero-order valence-corrected chi connectivity index (χ0v) is 20.1. The van der Waals surface area contributed by atoms with Crippen LogP contribution in [0.25, 0.3) is 0 Å². The molecule has 0 bridgehead atoms. The highest BCUT2D eigenvalue weighted by Gasteiger charge is 2.26. The van der Waals surface area contributed by atoms with Gasteiger partial charge in [-0.1, -0.05) is 24.3 Å². The number of hydrogen-bond donors (Lipinski definition) is 2. The molecule has 9 heteroatoms. The molecule has 1 aliphatic rings. The van der Waals surface area contributed by atoms with Gasteiger partial charge in [-0.05, 0) is 54.7 Å². The van der Waals surface area contributed by atoms with E-state index in [9.17, 15) is 12.8 Å². The summed E-state index contributed by atoms with van der Waals surface area (Å²) in [6.07, 6.45) is 2.60. The van der Waals surface area contributed by atoms with E-state index in [0.29, 0.717) is 37.0 Å². The predicted octanol–water partition coefficient (Wildman–Crippen LogP) is 3.14. The summed E-state index contributed by atoms with van der Waals surface area (Å²) in [6, 6.07) is 13.4. The Morgan fingerprint density at radius 1 is 1.00 bits per heavy atom. The Hall–Kier alpha value is -1.72. The molecule has 2 aromatic carbocycles. The normalized spacial score (nSPS) is 14.9. The van der Waals surface area contributed by atoms with Gasteiger partial charge in [0.15, 0.2) is 5.96 Å². The first-order valence-corrected chi connectivity index (χ1v) is 11.2. The summed E-state index contributed by atoms with van der Waals surface area (Å²) in [5.41, 5.74) is 2.01. The zero-order chi connectivity index (χ0) is 20.7. The Bertz CT molecular complexity index is 928. The van der Waals surface area contributed by atoms with E-state index >= 15 is 0 Å². The Kier molecular flexibility index (Phi) is 9.50. The Morgan fingerprint density at radius 3 is 2.20 bits per heavy atom. The van der Waals surface area contributed by atoms with Crippen molar-refractivity contribution < 1.29 is 12.8 Å².